The number of rotatable bonds is 4. The lowest BCUT2D eigenvalue weighted by Gasteiger charge is -2.04. The molecule has 2 aromatic rings. The fraction of sp³-hybridized carbons (Fsp3) is 0.0625. The van der Waals surface area contributed by atoms with Gasteiger partial charge in [-0.25, -0.2) is 4.79 Å². The Morgan fingerprint density at radius 1 is 1.00 bits per heavy atom. The molecule has 19 heavy (non-hydrogen) atoms. The van der Waals surface area contributed by atoms with Crippen molar-refractivity contribution in [3.05, 3.63) is 60.2 Å². The van der Waals surface area contributed by atoms with Gasteiger partial charge < -0.3 is 9.84 Å². The number of hydrogen-bond donors (Lipinski definition) is 1. The summed E-state index contributed by atoms with van der Waals surface area (Å²) in [6.07, 6.45) is 2.70. The van der Waals surface area contributed by atoms with Crippen molar-refractivity contribution in [3.8, 4) is 16.9 Å². The minimum absolute atomic E-state index is 0.824. The first-order valence-corrected chi connectivity index (χ1v) is 5.84. The molecule has 0 aromatic heterocycles. The number of methoxy groups -OCH3 is 1. The van der Waals surface area contributed by atoms with Crippen molar-refractivity contribution in [1.29, 1.82) is 0 Å². The van der Waals surface area contributed by atoms with E-state index < -0.39 is 5.97 Å². The smallest absolute Gasteiger partial charge is 0.328 e. The highest BCUT2D eigenvalue weighted by Crippen LogP contribution is 2.22. The van der Waals surface area contributed by atoms with Crippen LogP contribution in [0.3, 0.4) is 0 Å². The number of hydrogen-bond acceptors (Lipinski definition) is 2. The van der Waals surface area contributed by atoms with Crippen LogP contribution in [0.25, 0.3) is 17.2 Å². The molecule has 0 heterocycles. The summed E-state index contributed by atoms with van der Waals surface area (Å²) in [5.41, 5.74) is 3.03. The minimum Gasteiger partial charge on any atom is -0.497 e. The van der Waals surface area contributed by atoms with E-state index in [0.29, 0.717) is 0 Å². The van der Waals surface area contributed by atoms with Gasteiger partial charge in [0.2, 0.25) is 0 Å². The number of carboxylic acid groups (broad SMARTS) is 1. The number of carboxylic acids is 1. The first-order valence-electron chi connectivity index (χ1n) is 5.84. The molecule has 3 heteroatoms. The van der Waals surface area contributed by atoms with Crippen LogP contribution in [0, 0.1) is 0 Å². The van der Waals surface area contributed by atoms with Crippen LogP contribution in [0.1, 0.15) is 5.56 Å². The monoisotopic (exact) mass is 254 g/mol. The van der Waals surface area contributed by atoms with Crippen molar-refractivity contribution in [2.75, 3.05) is 7.11 Å². The van der Waals surface area contributed by atoms with E-state index in [-0.39, 0.29) is 0 Å². The first kappa shape index (κ1) is 12.9. The third kappa shape index (κ3) is 3.45. The van der Waals surface area contributed by atoms with Gasteiger partial charge >= 0.3 is 5.97 Å². The third-order valence-electron chi connectivity index (χ3n) is 2.75. The molecule has 0 fully saturated rings. The molecule has 0 spiro atoms. The molecule has 0 bridgehead atoms. The third-order valence-corrected chi connectivity index (χ3v) is 2.75. The van der Waals surface area contributed by atoms with E-state index in [9.17, 15) is 4.79 Å². The predicted octanol–water partition coefficient (Wildman–Crippen LogP) is 3.46. The van der Waals surface area contributed by atoms with E-state index in [4.69, 9.17) is 9.84 Å². The molecule has 0 saturated carbocycles. The average molecular weight is 254 g/mol. The molecule has 3 nitrogen and oxygen atoms in total. The Morgan fingerprint density at radius 3 is 2.00 bits per heavy atom. The largest absolute Gasteiger partial charge is 0.497 e. The van der Waals surface area contributed by atoms with Crippen LogP contribution >= 0.6 is 0 Å². The molecule has 0 saturated heterocycles. The normalized spacial score (nSPS) is 10.6. The van der Waals surface area contributed by atoms with E-state index >= 15 is 0 Å². The Labute approximate surface area is 111 Å². The maximum Gasteiger partial charge on any atom is 0.328 e. The van der Waals surface area contributed by atoms with Crippen LogP contribution in [0.4, 0.5) is 0 Å². The Hall–Kier alpha value is -2.55. The summed E-state index contributed by atoms with van der Waals surface area (Å²) in [6, 6.07) is 15.5. The van der Waals surface area contributed by atoms with Crippen LogP contribution in [-0.4, -0.2) is 18.2 Å². The highest BCUT2D eigenvalue weighted by Gasteiger charge is 1.98. The van der Waals surface area contributed by atoms with Gasteiger partial charge in [0.15, 0.2) is 0 Å². The van der Waals surface area contributed by atoms with Crippen LogP contribution in [0.2, 0.25) is 0 Å². The van der Waals surface area contributed by atoms with E-state index in [0.717, 1.165) is 28.5 Å². The van der Waals surface area contributed by atoms with Crippen molar-refractivity contribution in [2.24, 2.45) is 0 Å². The summed E-state index contributed by atoms with van der Waals surface area (Å²) in [5, 5.41) is 8.56. The maximum absolute atomic E-state index is 10.4. The van der Waals surface area contributed by atoms with Crippen molar-refractivity contribution in [1.82, 2.24) is 0 Å². The lowest BCUT2D eigenvalue weighted by atomic mass is 10.0. The molecule has 96 valence electrons. The van der Waals surface area contributed by atoms with Gasteiger partial charge in [0.1, 0.15) is 5.75 Å². The first-order chi connectivity index (χ1) is 9.19. The van der Waals surface area contributed by atoms with Gasteiger partial charge in [-0.3, -0.25) is 0 Å². The predicted molar refractivity (Wildman–Crippen MR) is 75.1 cm³/mol. The fourth-order valence-corrected chi connectivity index (χ4v) is 1.74. The molecule has 0 unspecified atom stereocenters. The van der Waals surface area contributed by atoms with Gasteiger partial charge in [0.05, 0.1) is 7.11 Å². The van der Waals surface area contributed by atoms with E-state index in [1.54, 1.807) is 13.2 Å². The van der Waals surface area contributed by atoms with Crippen LogP contribution in [-0.2, 0) is 4.79 Å². The van der Waals surface area contributed by atoms with Gasteiger partial charge in [0.25, 0.3) is 0 Å². The molecule has 2 aromatic carbocycles. The second kappa shape index (κ2) is 5.87. The van der Waals surface area contributed by atoms with E-state index in [1.165, 1.54) is 0 Å². The van der Waals surface area contributed by atoms with Crippen molar-refractivity contribution in [2.45, 2.75) is 0 Å². The molecule has 0 aliphatic carbocycles. The Bertz CT molecular complexity index is 580. The van der Waals surface area contributed by atoms with Crippen LogP contribution in [0.15, 0.2) is 54.6 Å². The number of ether oxygens (including phenoxy) is 1. The average Bonchev–Trinajstić information content (AvgIpc) is 2.46. The van der Waals surface area contributed by atoms with E-state index in [1.807, 2.05) is 48.5 Å². The highest BCUT2D eigenvalue weighted by atomic mass is 16.5. The van der Waals surface area contributed by atoms with Crippen molar-refractivity contribution < 1.29 is 14.6 Å². The van der Waals surface area contributed by atoms with Gasteiger partial charge in [-0.05, 0) is 34.9 Å². The summed E-state index contributed by atoms with van der Waals surface area (Å²) in [4.78, 5) is 10.4. The van der Waals surface area contributed by atoms with Crippen LogP contribution < -0.4 is 4.74 Å². The lowest BCUT2D eigenvalue weighted by Crippen LogP contribution is -1.86. The number of carbonyl (C=O) groups is 1. The Kier molecular flexibility index (Phi) is 3.98. The number of aliphatic carboxylic acids is 1. The molecule has 0 radical (unpaired) electrons. The molecule has 0 amide bonds. The summed E-state index contributed by atoms with van der Waals surface area (Å²) in [7, 11) is 1.64. The van der Waals surface area contributed by atoms with Crippen molar-refractivity contribution in [3.63, 3.8) is 0 Å². The number of benzene rings is 2. The molecular weight excluding hydrogens is 240 g/mol. The maximum atomic E-state index is 10.4. The Balaban J connectivity index is 2.19. The molecule has 0 atom stereocenters. The van der Waals surface area contributed by atoms with Gasteiger partial charge in [-0.1, -0.05) is 36.4 Å². The minimum atomic E-state index is -0.945. The zero-order chi connectivity index (χ0) is 13.7. The summed E-state index contributed by atoms with van der Waals surface area (Å²) < 4.78 is 5.11. The van der Waals surface area contributed by atoms with Gasteiger partial charge in [0, 0.05) is 6.08 Å². The highest BCUT2D eigenvalue weighted by molar-refractivity contribution is 5.85. The quantitative estimate of drug-likeness (QED) is 0.850. The molecule has 0 aliphatic rings. The second-order valence-electron chi connectivity index (χ2n) is 4.02. The van der Waals surface area contributed by atoms with Crippen LogP contribution in [0.5, 0.6) is 5.75 Å². The standard InChI is InChI=1S/C16H14O3/c1-19-15-9-7-14(8-10-15)13-5-2-12(3-6-13)4-11-16(17)18/h2-11H,1H3,(H,17,18). The second-order valence-corrected chi connectivity index (χ2v) is 4.02. The Morgan fingerprint density at radius 2 is 1.53 bits per heavy atom. The van der Waals surface area contributed by atoms with Gasteiger partial charge in [-0.2, -0.15) is 0 Å². The zero-order valence-corrected chi connectivity index (χ0v) is 10.5. The molecule has 2 rings (SSSR count). The van der Waals surface area contributed by atoms with E-state index in [2.05, 4.69) is 0 Å². The zero-order valence-electron chi connectivity index (χ0n) is 10.5. The SMILES string of the molecule is COc1ccc(-c2ccc(C=CC(=O)O)cc2)cc1. The summed E-state index contributed by atoms with van der Waals surface area (Å²) in [5.74, 6) is -0.121. The molecule has 0 aliphatic heterocycles. The fourth-order valence-electron chi connectivity index (χ4n) is 1.74. The summed E-state index contributed by atoms with van der Waals surface area (Å²) >= 11 is 0. The lowest BCUT2D eigenvalue weighted by molar-refractivity contribution is -0.131. The molecule has 1 N–H and O–H groups in total. The van der Waals surface area contributed by atoms with Gasteiger partial charge in [-0.15, -0.1) is 0 Å². The summed E-state index contributed by atoms with van der Waals surface area (Å²) in [6.45, 7) is 0. The topological polar surface area (TPSA) is 46.5 Å². The van der Waals surface area contributed by atoms with Crippen molar-refractivity contribution >= 4 is 12.0 Å². The molecular formula is C16H14O3.